The van der Waals surface area contributed by atoms with E-state index in [9.17, 15) is 14.3 Å². The molecule has 0 atom stereocenters. The maximum absolute atomic E-state index is 13.3. The highest BCUT2D eigenvalue weighted by atomic mass is 19.1. The van der Waals surface area contributed by atoms with Gasteiger partial charge in [0.05, 0.1) is 12.2 Å². The molecule has 1 amide bonds. The second-order valence-electron chi connectivity index (χ2n) is 4.78. The summed E-state index contributed by atoms with van der Waals surface area (Å²) in [5, 5.41) is 12.6. The van der Waals surface area contributed by atoms with Crippen LogP contribution in [0.5, 0.6) is 0 Å². The van der Waals surface area contributed by atoms with Crippen LogP contribution < -0.4 is 11.1 Å². The lowest BCUT2D eigenvalue weighted by atomic mass is 9.83. The summed E-state index contributed by atoms with van der Waals surface area (Å²) < 4.78 is 13.3. The lowest BCUT2D eigenvalue weighted by Gasteiger charge is -2.30. The van der Waals surface area contributed by atoms with Crippen LogP contribution in [0, 0.1) is 11.2 Å². The molecule has 1 rings (SSSR count). The molecule has 1 aromatic carbocycles. The van der Waals surface area contributed by atoms with Crippen molar-refractivity contribution >= 4 is 11.6 Å². The number of carbonyl (C=O) groups excluding carboxylic acids is 1. The van der Waals surface area contributed by atoms with E-state index in [1.165, 1.54) is 12.1 Å². The fourth-order valence-corrected chi connectivity index (χ4v) is 1.89. The van der Waals surface area contributed by atoms with E-state index in [0.717, 1.165) is 12.8 Å². The Morgan fingerprint density at radius 3 is 2.53 bits per heavy atom. The number of amides is 1. The summed E-state index contributed by atoms with van der Waals surface area (Å²) in [4.78, 5) is 11.1. The van der Waals surface area contributed by atoms with Gasteiger partial charge < -0.3 is 16.2 Å². The van der Waals surface area contributed by atoms with Gasteiger partial charge in [-0.15, -0.1) is 0 Å². The first-order valence-corrected chi connectivity index (χ1v) is 6.42. The molecule has 0 heterocycles. The zero-order chi connectivity index (χ0) is 14.5. The Morgan fingerprint density at radius 1 is 1.42 bits per heavy atom. The Balaban J connectivity index is 2.83. The van der Waals surface area contributed by atoms with Crippen molar-refractivity contribution < 1.29 is 14.3 Å². The van der Waals surface area contributed by atoms with Crippen LogP contribution in [0.1, 0.15) is 37.0 Å². The number of benzene rings is 1. The van der Waals surface area contributed by atoms with Gasteiger partial charge in [0.25, 0.3) is 5.91 Å². The van der Waals surface area contributed by atoms with E-state index in [0.29, 0.717) is 12.2 Å². The minimum absolute atomic E-state index is 0.0802. The number of aliphatic hydroxyl groups excluding tert-OH is 1. The molecule has 0 fully saturated rings. The largest absolute Gasteiger partial charge is 0.396 e. The average molecular weight is 268 g/mol. The molecule has 0 aromatic heterocycles. The van der Waals surface area contributed by atoms with Crippen molar-refractivity contribution in [3.05, 3.63) is 29.6 Å². The van der Waals surface area contributed by atoms with Gasteiger partial charge in [-0.2, -0.15) is 0 Å². The zero-order valence-corrected chi connectivity index (χ0v) is 11.4. The van der Waals surface area contributed by atoms with Crippen molar-refractivity contribution in [3.8, 4) is 0 Å². The normalized spacial score (nSPS) is 11.4. The summed E-state index contributed by atoms with van der Waals surface area (Å²) >= 11 is 0. The van der Waals surface area contributed by atoms with E-state index in [2.05, 4.69) is 5.32 Å². The van der Waals surface area contributed by atoms with E-state index in [4.69, 9.17) is 5.73 Å². The van der Waals surface area contributed by atoms with Crippen LogP contribution in [0.2, 0.25) is 0 Å². The van der Waals surface area contributed by atoms with Gasteiger partial charge in [-0.25, -0.2) is 4.39 Å². The summed E-state index contributed by atoms with van der Waals surface area (Å²) in [6.07, 6.45) is 1.66. The van der Waals surface area contributed by atoms with Gasteiger partial charge in [-0.3, -0.25) is 4.79 Å². The van der Waals surface area contributed by atoms with Gasteiger partial charge in [-0.1, -0.05) is 13.8 Å². The summed E-state index contributed by atoms with van der Waals surface area (Å²) in [5.41, 5.74) is 5.38. The molecule has 4 nitrogen and oxygen atoms in total. The van der Waals surface area contributed by atoms with Crippen molar-refractivity contribution in [2.75, 3.05) is 18.5 Å². The quantitative estimate of drug-likeness (QED) is 0.709. The molecule has 0 saturated carbocycles. The minimum Gasteiger partial charge on any atom is -0.396 e. The van der Waals surface area contributed by atoms with Gasteiger partial charge in [0.1, 0.15) is 5.82 Å². The van der Waals surface area contributed by atoms with E-state index in [-0.39, 0.29) is 17.6 Å². The summed E-state index contributed by atoms with van der Waals surface area (Å²) in [6, 6.07) is 4.15. The number of hydrogen-bond acceptors (Lipinski definition) is 3. The van der Waals surface area contributed by atoms with E-state index in [1.54, 1.807) is 6.07 Å². The average Bonchev–Trinajstić information content (AvgIpc) is 2.42. The third-order valence-electron chi connectivity index (χ3n) is 3.73. The summed E-state index contributed by atoms with van der Waals surface area (Å²) in [7, 11) is 0. The Kier molecular flexibility index (Phi) is 5.30. The molecule has 0 bridgehead atoms. The van der Waals surface area contributed by atoms with Gasteiger partial charge in [0.15, 0.2) is 0 Å². The maximum Gasteiger partial charge on any atom is 0.251 e. The highest BCUT2D eigenvalue weighted by Gasteiger charge is 2.25. The second kappa shape index (κ2) is 6.52. The van der Waals surface area contributed by atoms with Crippen LogP contribution in [0.15, 0.2) is 18.2 Å². The molecule has 0 saturated heterocycles. The zero-order valence-electron chi connectivity index (χ0n) is 11.4. The van der Waals surface area contributed by atoms with Crippen LogP contribution in [-0.4, -0.2) is 24.2 Å². The maximum atomic E-state index is 13.3. The van der Waals surface area contributed by atoms with Gasteiger partial charge in [-0.05, 0) is 31.0 Å². The molecular weight excluding hydrogens is 247 g/mol. The van der Waals surface area contributed by atoms with Crippen molar-refractivity contribution in [1.29, 1.82) is 0 Å². The fraction of sp³-hybridized carbons (Fsp3) is 0.500. The first kappa shape index (κ1) is 15.4. The number of nitrogens with one attached hydrogen (secondary N) is 1. The molecule has 0 aliphatic heterocycles. The minimum atomic E-state index is -0.791. The fourth-order valence-electron chi connectivity index (χ4n) is 1.89. The first-order chi connectivity index (χ1) is 8.98. The number of rotatable bonds is 7. The number of anilines is 1. The Bertz CT molecular complexity index is 437. The first-order valence-electron chi connectivity index (χ1n) is 6.42. The molecule has 1 aromatic rings. The predicted octanol–water partition coefficient (Wildman–Crippen LogP) is 2.14. The number of hydrogen-bond donors (Lipinski definition) is 3. The Labute approximate surface area is 112 Å². The van der Waals surface area contributed by atoms with Crippen molar-refractivity contribution in [3.63, 3.8) is 0 Å². The van der Waals surface area contributed by atoms with Crippen molar-refractivity contribution in [1.82, 2.24) is 0 Å². The molecular formula is C14H21FN2O2. The number of aliphatic hydroxyl groups is 1. The summed E-state index contributed by atoms with van der Waals surface area (Å²) in [6.45, 7) is 4.67. The lowest BCUT2D eigenvalue weighted by Crippen LogP contribution is -2.32. The van der Waals surface area contributed by atoms with Gasteiger partial charge in [0, 0.05) is 17.6 Å². The molecule has 106 valence electrons. The number of carbonyl (C=O) groups is 1. The van der Waals surface area contributed by atoms with Crippen molar-refractivity contribution in [2.45, 2.75) is 26.7 Å². The molecule has 19 heavy (non-hydrogen) atoms. The second-order valence-corrected chi connectivity index (χ2v) is 4.78. The predicted molar refractivity (Wildman–Crippen MR) is 73.5 cm³/mol. The van der Waals surface area contributed by atoms with Gasteiger partial charge >= 0.3 is 0 Å². The SMILES string of the molecule is CCC(CC)(CO)CNc1ccc(F)c(C(N)=O)c1. The number of nitrogens with two attached hydrogens (primary N) is 1. The standard InChI is InChI=1S/C14H21FN2O2/c1-3-14(4-2,9-18)8-17-10-5-6-12(15)11(7-10)13(16)19/h5-7,17-18H,3-4,8-9H2,1-2H3,(H2,16,19). The van der Waals surface area contributed by atoms with Crippen molar-refractivity contribution in [2.24, 2.45) is 11.1 Å². The highest BCUT2D eigenvalue weighted by molar-refractivity contribution is 5.94. The lowest BCUT2D eigenvalue weighted by molar-refractivity contribution is 0.0996. The van der Waals surface area contributed by atoms with Gasteiger partial charge in [0.2, 0.25) is 0 Å². The van der Waals surface area contributed by atoms with Crippen LogP contribution in [-0.2, 0) is 0 Å². The Morgan fingerprint density at radius 2 is 2.05 bits per heavy atom. The molecule has 0 spiro atoms. The smallest absolute Gasteiger partial charge is 0.251 e. The van der Waals surface area contributed by atoms with Crippen LogP contribution in [0.4, 0.5) is 10.1 Å². The van der Waals surface area contributed by atoms with Crippen LogP contribution in [0.3, 0.4) is 0 Å². The molecule has 0 aliphatic rings. The van der Waals surface area contributed by atoms with E-state index in [1.807, 2.05) is 13.8 Å². The topological polar surface area (TPSA) is 75.3 Å². The summed E-state index contributed by atoms with van der Waals surface area (Å²) in [5.74, 6) is -1.42. The van der Waals surface area contributed by atoms with Crippen LogP contribution in [0.25, 0.3) is 0 Å². The molecule has 4 N–H and O–H groups in total. The Hall–Kier alpha value is -1.62. The monoisotopic (exact) mass is 268 g/mol. The van der Waals surface area contributed by atoms with E-state index < -0.39 is 11.7 Å². The van der Waals surface area contributed by atoms with Crippen LogP contribution >= 0.6 is 0 Å². The molecule has 0 unspecified atom stereocenters. The molecule has 0 radical (unpaired) electrons. The highest BCUT2D eigenvalue weighted by Crippen LogP contribution is 2.26. The molecule has 5 heteroatoms. The number of halogens is 1. The third-order valence-corrected chi connectivity index (χ3v) is 3.73. The number of primary amides is 1. The van der Waals surface area contributed by atoms with E-state index >= 15 is 0 Å². The third kappa shape index (κ3) is 3.67. The molecule has 0 aliphatic carbocycles.